The molecule has 0 aliphatic heterocycles. The molecule has 0 saturated carbocycles. The minimum atomic E-state index is -2.30. The van der Waals surface area contributed by atoms with Crippen LogP contribution in [0.25, 0.3) is 44.6 Å². The van der Waals surface area contributed by atoms with Crippen LogP contribution in [0, 0.1) is 39.8 Å². The van der Waals surface area contributed by atoms with Crippen LogP contribution in [0.4, 0.5) is 0 Å². The van der Waals surface area contributed by atoms with Gasteiger partial charge in [0.15, 0.2) is 0 Å². The van der Waals surface area contributed by atoms with Gasteiger partial charge in [0.1, 0.15) is 0 Å². The predicted octanol–water partition coefficient (Wildman–Crippen LogP) is 10.3. The summed E-state index contributed by atoms with van der Waals surface area (Å²) in [6.45, 7) is 7.71. The third kappa shape index (κ3) is 7.33. The number of aryl methyl sites for hydroxylation is 4. The van der Waals surface area contributed by atoms with E-state index in [9.17, 15) is 0 Å². The number of hydrogen-bond acceptors (Lipinski definition) is 4. The number of nitrogens with zero attached hydrogens (tertiary/aromatic N) is 3. The SMILES string of the molecule is Cc1c[c-]c(-c2cc(C)c(C)cn2)cc1.[2H]C([2H])([2H])c1ccc2c(n1)oc1c(-c3cc(Cc4ccc(C([2H])(C)C)cc4)ccn3)[c-]ccc12.[Ir]. The summed E-state index contributed by atoms with van der Waals surface area (Å²) in [4.78, 5) is 13.2. The summed E-state index contributed by atoms with van der Waals surface area (Å²) in [5.41, 5.74) is 11.3. The van der Waals surface area contributed by atoms with Crippen LogP contribution < -0.4 is 0 Å². The van der Waals surface area contributed by atoms with Crippen LogP contribution in [-0.4, -0.2) is 15.0 Å². The molecule has 4 heterocycles. The molecule has 0 atom stereocenters. The van der Waals surface area contributed by atoms with Gasteiger partial charge in [-0.15, -0.1) is 53.6 Å². The molecule has 46 heavy (non-hydrogen) atoms. The summed E-state index contributed by atoms with van der Waals surface area (Å²) in [5.74, 6) is -0.622. The van der Waals surface area contributed by atoms with Gasteiger partial charge in [-0.25, -0.2) is 4.98 Å². The fraction of sp³-hybridized carbons (Fsp3) is 0.195. The average Bonchev–Trinajstić information content (AvgIpc) is 3.45. The maximum Gasteiger partial charge on any atom is 0.216 e. The molecule has 4 nitrogen and oxygen atoms in total. The van der Waals surface area contributed by atoms with Crippen LogP contribution in [-0.2, 0) is 26.5 Å². The Morgan fingerprint density at radius 2 is 1.65 bits per heavy atom. The number of fused-ring (bicyclic) bond motifs is 3. The fourth-order valence-electron chi connectivity index (χ4n) is 5.16. The Labute approximate surface area is 290 Å². The van der Waals surface area contributed by atoms with Crippen molar-refractivity contribution in [3.63, 3.8) is 0 Å². The van der Waals surface area contributed by atoms with Crippen molar-refractivity contribution < 1.29 is 30.0 Å². The van der Waals surface area contributed by atoms with Gasteiger partial charge in [0.2, 0.25) is 5.71 Å². The van der Waals surface area contributed by atoms with Crippen molar-refractivity contribution in [2.75, 3.05) is 0 Å². The minimum absolute atomic E-state index is 0. The number of aromatic nitrogens is 3. The summed E-state index contributed by atoms with van der Waals surface area (Å²) in [5, 5.41) is 1.60. The van der Waals surface area contributed by atoms with E-state index >= 15 is 0 Å². The number of pyridine rings is 3. The van der Waals surface area contributed by atoms with Crippen molar-refractivity contribution in [3.8, 4) is 22.5 Å². The first kappa shape index (κ1) is 27.8. The minimum Gasteiger partial charge on any atom is -0.486 e. The van der Waals surface area contributed by atoms with Crippen LogP contribution in [0.1, 0.15) is 64.3 Å². The zero-order valence-electron chi connectivity index (χ0n) is 30.5. The zero-order valence-corrected chi connectivity index (χ0v) is 28.9. The molecule has 5 heteroatoms. The molecule has 0 saturated heterocycles. The van der Waals surface area contributed by atoms with Crippen LogP contribution >= 0.6 is 0 Å². The molecule has 0 aliphatic carbocycles. The Morgan fingerprint density at radius 3 is 2.37 bits per heavy atom. The molecule has 3 aromatic carbocycles. The number of rotatable bonds is 5. The van der Waals surface area contributed by atoms with E-state index in [2.05, 4.69) is 78.2 Å². The summed E-state index contributed by atoms with van der Waals surface area (Å²) >= 11 is 0. The van der Waals surface area contributed by atoms with E-state index in [1.165, 1.54) is 22.8 Å². The number of furan rings is 1. The molecule has 4 aromatic heterocycles. The van der Waals surface area contributed by atoms with Gasteiger partial charge in [0, 0.05) is 49.1 Å². The summed E-state index contributed by atoms with van der Waals surface area (Å²) in [6, 6.07) is 33.8. The predicted molar refractivity (Wildman–Crippen MR) is 184 cm³/mol. The molecule has 0 unspecified atom stereocenters. The Kier molecular flexibility index (Phi) is 8.67. The van der Waals surface area contributed by atoms with Crippen molar-refractivity contribution in [2.45, 2.75) is 53.8 Å². The van der Waals surface area contributed by atoms with Gasteiger partial charge in [-0.05, 0) is 84.9 Å². The molecule has 233 valence electrons. The summed E-state index contributed by atoms with van der Waals surface area (Å²) in [6.07, 6.45) is 4.42. The molecule has 0 aliphatic rings. The van der Waals surface area contributed by atoms with Gasteiger partial charge in [0.05, 0.1) is 5.58 Å². The van der Waals surface area contributed by atoms with Gasteiger partial charge in [-0.3, -0.25) is 0 Å². The molecular formula is C41H37IrN3O-2. The van der Waals surface area contributed by atoms with E-state index in [0.717, 1.165) is 50.8 Å². The Bertz CT molecular complexity index is 2260. The summed E-state index contributed by atoms with van der Waals surface area (Å²) < 4.78 is 37.1. The molecule has 0 N–H and O–H groups in total. The third-order valence-corrected chi connectivity index (χ3v) is 7.94. The van der Waals surface area contributed by atoms with E-state index in [1.54, 1.807) is 12.3 Å². The molecule has 7 aromatic rings. The van der Waals surface area contributed by atoms with E-state index in [-0.39, 0.29) is 31.5 Å². The summed E-state index contributed by atoms with van der Waals surface area (Å²) in [7, 11) is 0. The first-order valence-electron chi connectivity index (χ1n) is 17.0. The topological polar surface area (TPSA) is 51.8 Å². The third-order valence-electron chi connectivity index (χ3n) is 7.94. The van der Waals surface area contributed by atoms with E-state index in [4.69, 9.17) is 9.90 Å². The van der Waals surface area contributed by atoms with Crippen molar-refractivity contribution in [1.29, 1.82) is 0 Å². The zero-order chi connectivity index (χ0) is 34.9. The number of hydrogen-bond donors (Lipinski definition) is 0. The van der Waals surface area contributed by atoms with Gasteiger partial charge in [0.25, 0.3) is 0 Å². The van der Waals surface area contributed by atoms with Crippen LogP contribution in [0.15, 0.2) is 102 Å². The maximum atomic E-state index is 8.18. The van der Waals surface area contributed by atoms with E-state index in [0.29, 0.717) is 11.1 Å². The standard InChI is InChI=1S/C27H23N2O.C14H14N.Ir/c1-17(2)21-10-8-19(9-11-21)15-20-13-14-28-25(16-20)24-6-4-5-22-23-12-7-18(3)29-27(23)30-26(22)24;1-10-4-6-13(7-5-10)14-8-11(2)12(3)9-15-14;/h4-5,7-14,16-17H,15H2,1-3H3;4-6,8-9H,1-3H3;/q2*-1;/i3D3,17D;;. The monoisotopic (exact) mass is 784 g/mol. The molecule has 0 fully saturated rings. The second-order valence-corrected chi connectivity index (χ2v) is 11.6. The molecule has 0 spiro atoms. The fourth-order valence-corrected chi connectivity index (χ4v) is 5.16. The first-order valence-corrected chi connectivity index (χ1v) is 15.0. The van der Waals surface area contributed by atoms with Gasteiger partial charge >= 0.3 is 0 Å². The molecule has 7 rings (SSSR count). The Morgan fingerprint density at radius 1 is 0.826 bits per heavy atom. The van der Waals surface area contributed by atoms with Gasteiger partial charge in [-0.2, -0.15) is 0 Å². The van der Waals surface area contributed by atoms with Crippen LogP contribution in [0.2, 0.25) is 0 Å². The van der Waals surface area contributed by atoms with Crippen molar-refractivity contribution in [2.24, 2.45) is 0 Å². The second-order valence-electron chi connectivity index (χ2n) is 11.6. The first-order chi connectivity index (χ1) is 23.3. The van der Waals surface area contributed by atoms with Gasteiger partial charge in [-0.1, -0.05) is 73.7 Å². The van der Waals surface area contributed by atoms with Crippen molar-refractivity contribution >= 4 is 22.1 Å². The van der Waals surface area contributed by atoms with E-state index in [1.807, 2.05) is 62.5 Å². The molecular weight excluding hydrogens is 743 g/mol. The second kappa shape index (κ2) is 14.3. The Hall–Kier alpha value is -4.44. The smallest absolute Gasteiger partial charge is 0.216 e. The van der Waals surface area contributed by atoms with Crippen molar-refractivity contribution in [1.82, 2.24) is 15.0 Å². The Balaban J connectivity index is 0.000000255. The van der Waals surface area contributed by atoms with E-state index < -0.39 is 12.7 Å². The number of benzene rings is 3. The van der Waals surface area contributed by atoms with Crippen LogP contribution in [0.5, 0.6) is 0 Å². The van der Waals surface area contributed by atoms with Crippen molar-refractivity contribution in [3.05, 3.63) is 149 Å². The normalized spacial score (nSPS) is 12.7. The van der Waals surface area contributed by atoms with Gasteiger partial charge < -0.3 is 14.4 Å². The maximum absolute atomic E-state index is 8.18. The molecule has 0 bridgehead atoms. The quantitative estimate of drug-likeness (QED) is 0.163. The molecule has 1 radical (unpaired) electrons. The molecule has 0 amide bonds. The largest absolute Gasteiger partial charge is 0.486 e. The average molecular weight is 784 g/mol. The van der Waals surface area contributed by atoms with Crippen LogP contribution in [0.3, 0.4) is 0 Å².